The lowest BCUT2D eigenvalue weighted by atomic mass is 9.99. The molecule has 2 amide bonds. The van der Waals surface area contributed by atoms with E-state index in [2.05, 4.69) is 12.1 Å². The molecular weight excluding hydrogens is 783 g/mol. The Hall–Kier alpha value is -6.10. The predicted octanol–water partition coefficient (Wildman–Crippen LogP) is 11.8. The van der Waals surface area contributed by atoms with Crippen molar-refractivity contribution in [1.29, 1.82) is 0 Å². The second-order valence-electron chi connectivity index (χ2n) is 14.4. The van der Waals surface area contributed by atoms with E-state index < -0.39 is 10.7 Å². The lowest BCUT2D eigenvalue weighted by Crippen LogP contribution is -2.27. The molecule has 2 unspecified atom stereocenters. The number of thioether (sulfide) groups is 2. The fourth-order valence-corrected chi connectivity index (χ4v) is 9.80. The summed E-state index contributed by atoms with van der Waals surface area (Å²) < 4.78 is 39.4. The van der Waals surface area contributed by atoms with Crippen LogP contribution in [0.2, 0.25) is 0 Å². The predicted molar refractivity (Wildman–Crippen MR) is 236 cm³/mol. The van der Waals surface area contributed by atoms with Gasteiger partial charge in [0.25, 0.3) is 11.8 Å². The molecule has 0 radical (unpaired) electrons. The molecule has 6 aromatic rings. The summed E-state index contributed by atoms with van der Waals surface area (Å²) in [7, 11) is 3.25. The average molecular weight is 823 g/mol. The number of ether oxygens (including phenoxy) is 2. The Bertz CT molecular complexity index is 2410. The number of halogens is 2. The van der Waals surface area contributed by atoms with Gasteiger partial charge < -0.3 is 9.47 Å². The standard InChI is InChI=1S/C49H40F2N2O4S2/c1-30-5-19-38(20-6-30)52-46(54)44(28-32-9-15-36(50)16-10-32)58-48(52)40-26-34(13-23-42(40)56-3)25-35-14-24-43(57-4)41(27-35)49-53(39-21-7-31(2)8-22-39)47(55)45(59-49)29-33-11-17-37(51)18-12-33/h5-24,26-29,48-49H,25H2,1-4H3/b44-28-,45-29-. The van der Waals surface area contributed by atoms with E-state index in [9.17, 15) is 18.4 Å². The zero-order chi connectivity index (χ0) is 41.2. The molecule has 6 nitrogen and oxygen atoms in total. The molecule has 10 heteroatoms. The van der Waals surface area contributed by atoms with Crippen molar-refractivity contribution in [1.82, 2.24) is 0 Å². The molecule has 59 heavy (non-hydrogen) atoms. The Morgan fingerprint density at radius 1 is 0.542 bits per heavy atom. The van der Waals surface area contributed by atoms with Gasteiger partial charge in [0.15, 0.2) is 0 Å². The number of hydrogen-bond donors (Lipinski definition) is 0. The Balaban J connectivity index is 1.16. The van der Waals surface area contributed by atoms with Crippen molar-refractivity contribution in [3.8, 4) is 11.5 Å². The van der Waals surface area contributed by atoms with Crippen molar-refractivity contribution >= 4 is 58.9 Å². The number of amides is 2. The van der Waals surface area contributed by atoms with Crippen LogP contribution in [0, 0.1) is 25.5 Å². The summed E-state index contributed by atoms with van der Waals surface area (Å²) in [5, 5.41) is -0.901. The van der Waals surface area contributed by atoms with Crippen molar-refractivity contribution in [2.24, 2.45) is 0 Å². The van der Waals surface area contributed by atoms with Gasteiger partial charge in [-0.25, -0.2) is 8.78 Å². The van der Waals surface area contributed by atoms with Crippen LogP contribution in [-0.4, -0.2) is 26.0 Å². The fourth-order valence-electron chi connectivity index (χ4n) is 7.24. The van der Waals surface area contributed by atoms with E-state index in [0.717, 1.165) is 55.9 Å². The highest BCUT2D eigenvalue weighted by atomic mass is 32.2. The molecule has 0 bridgehead atoms. The first kappa shape index (κ1) is 39.7. The van der Waals surface area contributed by atoms with Crippen LogP contribution in [-0.2, 0) is 16.0 Å². The third-order valence-electron chi connectivity index (χ3n) is 10.3. The van der Waals surface area contributed by atoms with Gasteiger partial charge in [0, 0.05) is 22.5 Å². The van der Waals surface area contributed by atoms with Crippen molar-refractivity contribution in [3.05, 3.63) is 199 Å². The first-order valence-electron chi connectivity index (χ1n) is 19.0. The third-order valence-corrected chi connectivity index (χ3v) is 12.8. The summed E-state index contributed by atoms with van der Waals surface area (Å²) in [5.41, 5.74) is 8.76. The molecule has 0 N–H and O–H groups in total. The second kappa shape index (κ2) is 17.0. The van der Waals surface area contributed by atoms with Crippen LogP contribution in [0.4, 0.5) is 20.2 Å². The van der Waals surface area contributed by atoms with Gasteiger partial charge in [0.05, 0.1) is 24.0 Å². The number of aryl methyl sites for hydroxylation is 2. The van der Waals surface area contributed by atoms with Gasteiger partial charge in [-0.15, -0.1) is 0 Å². The van der Waals surface area contributed by atoms with E-state index >= 15 is 0 Å². The van der Waals surface area contributed by atoms with E-state index in [1.54, 1.807) is 60.4 Å². The lowest BCUT2D eigenvalue weighted by Gasteiger charge is -2.26. The Kier molecular flexibility index (Phi) is 11.5. The van der Waals surface area contributed by atoms with E-state index in [4.69, 9.17) is 9.47 Å². The fraction of sp³-hybridized carbons (Fsp3) is 0.143. The summed E-state index contributed by atoms with van der Waals surface area (Å²) in [4.78, 5) is 33.1. The maximum Gasteiger partial charge on any atom is 0.266 e. The number of methoxy groups -OCH3 is 2. The molecule has 8 rings (SSSR count). The number of nitrogens with zero attached hydrogens (tertiary/aromatic N) is 2. The highest BCUT2D eigenvalue weighted by molar-refractivity contribution is 8.05. The van der Waals surface area contributed by atoms with Gasteiger partial charge in [0.2, 0.25) is 0 Å². The Morgan fingerprint density at radius 3 is 1.27 bits per heavy atom. The Morgan fingerprint density at radius 2 is 0.915 bits per heavy atom. The lowest BCUT2D eigenvalue weighted by molar-refractivity contribution is -0.115. The molecule has 0 aromatic heterocycles. The molecule has 2 saturated heterocycles. The van der Waals surface area contributed by atoms with Gasteiger partial charge >= 0.3 is 0 Å². The zero-order valence-electron chi connectivity index (χ0n) is 32.8. The molecule has 2 fully saturated rings. The maximum atomic E-state index is 14.2. The number of benzene rings is 6. The number of hydrogen-bond acceptors (Lipinski definition) is 6. The zero-order valence-corrected chi connectivity index (χ0v) is 34.5. The highest BCUT2D eigenvalue weighted by Gasteiger charge is 2.41. The van der Waals surface area contributed by atoms with Gasteiger partial charge in [0.1, 0.15) is 33.9 Å². The summed E-state index contributed by atoms with van der Waals surface area (Å²) in [5.74, 6) is 0.286. The average Bonchev–Trinajstić information content (AvgIpc) is 3.74. The van der Waals surface area contributed by atoms with Gasteiger partial charge in [-0.05, 0) is 127 Å². The smallest absolute Gasteiger partial charge is 0.266 e. The molecule has 0 spiro atoms. The topological polar surface area (TPSA) is 59.1 Å². The largest absolute Gasteiger partial charge is 0.496 e. The summed E-state index contributed by atoms with van der Waals surface area (Å²) in [6.45, 7) is 4.01. The minimum atomic E-state index is -0.450. The monoisotopic (exact) mass is 822 g/mol. The Labute approximate surface area is 351 Å². The van der Waals surface area contributed by atoms with Gasteiger partial charge in [-0.1, -0.05) is 95.3 Å². The minimum absolute atomic E-state index is 0.157. The van der Waals surface area contributed by atoms with Crippen LogP contribution in [0.15, 0.2) is 143 Å². The molecule has 0 saturated carbocycles. The quantitative estimate of drug-likeness (QED) is 0.128. The molecule has 2 aliphatic rings. The first-order chi connectivity index (χ1) is 28.6. The van der Waals surface area contributed by atoms with Crippen LogP contribution < -0.4 is 19.3 Å². The maximum absolute atomic E-state index is 14.2. The molecule has 6 aromatic carbocycles. The number of anilines is 2. The van der Waals surface area contributed by atoms with Crippen LogP contribution in [0.5, 0.6) is 11.5 Å². The van der Waals surface area contributed by atoms with Crippen LogP contribution in [0.3, 0.4) is 0 Å². The second-order valence-corrected chi connectivity index (χ2v) is 16.7. The van der Waals surface area contributed by atoms with Gasteiger partial charge in [-0.3, -0.25) is 19.4 Å². The molecule has 296 valence electrons. The van der Waals surface area contributed by atoms with Crippen LogP contribution in [0.1, 0.15) is 55.3 Å². The molecular formula is C49H40F2N2O4S2. The first-order valence-corrected chi connectivity index (χ1v) is 20.8. The van der Waals surface area contributed by atoms with E-state index in [-0.39, 0.29) is 23.4 Å². The van der Waals surface area contributed by atoms with Crippen molar-refractivity contribution < 1.29 is 27.8 Å². The van der Waals surface area contributed by atoms with Crippen LogP contribution >= 0.6 is 23.5 Å². The normalized spacial score (nSPS) is 18.0. The van der Waals surface area contributed by atoms with Crippen molar-refractivity contribution in [2.75, 3.05) is 24.0 Å². The van der Waals surface area contributed by atoms with Crippen LogP contribution in [0.25, 0.3) is 12.2 Å². The summed E-state index contributed by atoms with van der Waals surface area (Å²) in [6.07, 6.45) is 4.14. The molecule has 2 atom stereocenters. The molecule has 2 aliphatic heterocycles. The number of carbonyl (C=O) groups excluding carboxylic acids is 2. The van der Waals surface area contributed by atoms with Gasteiger partial charge in [-0.2, -0.15) is 0 Å². The number of carbonyl (C=O) groups is 2. The summed E-state index contributed by atoms with van der Waals surface area (Å²) in [6, 6.07) is 40.0. The summed E-state index contributed by atoms with van der Waals surface area (Å²) >= 11 is 2.86. The van der Waals surface area contributed by atoms with Crippen molar-refractivity contribution in [3.63, 3.8) is 0 Å². The van der Waals surface area contributed by atoms with E-state index in [1.807, 2.05) is 86.6 Å². The van der Waals surface area contributed by atoms with E-state index in [1.165, 1.54) is 47.8 Å². The highest BCUT2D eigenvalue weighted by Crippen LogP contribution is 2.52. The molecule has 2 heterocycles. The SMILES string of the molecule is COc1ccc(Cc2ccc(OC)c(C3S/C(=C\c4ccc(F)cc4)C(=O)N3c3ccc(C)cc3)c2)cc1C1S/C(=C\c2ccc(F)cc2)C(=O)N1c1ccc(C)cc1. The molecule has 0 aliphatic carbocycles. The minimum Gasteiger partial charge on any atom is -0.496 e. The van der Waals surface area contributed by atoms with E-state index in [0.29, 0.717) is 27.7 Å². The number of rotatable bonds is 10. The third kappa shape index (κ3) is 8.42. The van der Waals surface area contributed by atoms with Crippen molar-refractivity contribution in [2.45, 2.75) is 31.0 Å².